The summed E-state index contributed by atoms with van der Waals surface area (Å²) in [6, 6.07) is 7.80. The maximum absolute atomic E-state index is 12.6. The molecule has 2 aromatic heterocycles. The lowest BCUT2D eigenvalue weighted by atomic mass is 9.79. The Balaban J connectivity index is 1.34. The highest BCUT2D eigenvalue weighted by molar-refractivity contribution is 7.17. The summed E-state index contributed by atoms with van der Waals surface area (Å²) in [5.41, 5.74) is -0.0387. The monoisotopic (exact) mass is 472 g/mol. The van der Waals surface area contributed by atoms with Gasteiger partial charge in [0.15, 0.2) is 5.13 Å². The van der Waals surface area contributed by atoms with Gasteiger partial charge in [0.2, 0.25) is 5.91 Å². The molecule has 168 valence electrons. The summed E-state index contributed by atoms with van der Waals surface area (Å²) >= 11 is 7.28. The second-order valence-corrected chi connectivity index (χ2v) is 10.4. The van der Waals surface area contributed by atoms with Gasteiger partial charge in [-0.05, 0) is 64.1 Å². The Labute approximate surface area is 195 Å². The number of rotatable bonds is 5. The number of benzene rings is 1. The Bertz CT molecular complexity index is 1180. The molecule has 9 heteroatoms. The van der Waals surface area contributed by atoms with E-state index in [-0.39, 0.29) is 17.9 Å². The van der Waals surface area contributed by atoms with Crippen LogP contribution >= 0.6 is 22.9 Å². The van der Waals surface area contributed by atoms with E-state index in [0.29, 0.717) is 33.6 Å². The molecular formula is C23H25ClN4O3S. The molecule has 0 spiro atoms. The molecule has 0 aliphatic heterocycles. The number of ether oxygens (including phenoxy) is 1. The van der Waals surface area contributed by atoms with Gasteiger partial charge in [0.25, 0.3) is 0 Å². The molecule has 1 amide bonds. The highest BCUT2D eigenvalue weighted by Crippen LogP contribution is 2.34. The minimum Gasteiger partial charge on any atom is -0.456 e. The van der Waals surface area contributed by atoms with Crippen molar-refractivity contribution in [1.82, 2.24) is 9.97 Å². The zero-order valence-electron chi connectivity index (χ0n) is 18.4. The van der Waals surface area contributed by atoms with Crippen LogP contribution in [0.4, 0.5) is 10.9 Å². The summed E-state index contributed by atoms with van der Waals surface area (Å²) in [7, 11) is 0. The fourth-order valence-corrected chi connectivity index (χ4v) is 4.59. The van der Waals surface area contributed by atoms with Crippen molar-refractivity contribution in [3.63, 3.8) is 0 Å². The van der Waals surface area contributed by atoms with Crippen LogP contribution in [0, 0.1) is 12.8 Å². The SMILES string of the molecule is Cc1nc(NC(=O)C2CC(Nc3nccc4ccc(Cl)cc34)C2)sc1C(=O)OC(C)(C)C. The van der Waals surface area contributed by atoms with Crippen LogP contribution in [0.2, 0.25) is 5.02 Å². The summed E-state index contributed by atoms with van der Waals surface area (Å²) in [6.07, 6.45) is 3.13. The quantitative estimate of drug-likeness (QED) is 0.480. The number of esters is 1. The van der Waals surface area contributed by atoms with E-state index in [1.807, 2.05) is 45.0 Å². The molecule has 7 nitrogen and oxygen atoms in total. The van der Waals surface area contributed by atoms with Crippen LogP contribution in [0.5, 0.6) is 0 Å². The molecule has 0 radical (unpaired) electrons. The zero-order chi connectivity index (χ0) is 23.0. The molecule has 0 bridgehead atoms. The second-order valence-electron chi connectivity index (χ2n) is 8.96. The molecule has 0 saturated heterocycles. The number of fused-ring (bicyclic) bond motifs is 1. The van der Waals surface area contributed by atoms with Crippen molar-refractivity contribution in [3.05, 3.63) is 46.1 Å². The molecule has 1 aliphatic carbocycles. The highest BCUT2D eigenvalue weighted by atomic mass is 35.5. The fraction of sp³-hybridized carbons (Fsp3) is 0.391. The third-order valence-corrected chi connectivity index (χ3v) is 6.48. The van der Waals surface area contributed by atoms with Gasteiger partial charge >= 0.3 is 5.97 Å². The van der Waals surface area contributed by atoms with Gasteiger partial charge in [-0.3, -0.25) is 4.79 Å². The number of nitrogens with one attached hydrogen (secondary N) is 2. The van der Waals surface area contributed by atoms with Crippen LogP contribution < -0.4 is 10.6 Å². The number of carbonyl (C=O) groups is 2. The van der Waals surface area contributed by atoms with E-state index in [9.17, 15) is 9.59 Å². The number of anilines is 2. The average Bonchev–Trinajstić information content (AvgIpc) is 3.03. The number of hydrogen-bond acceptors (Lipinski definition) is 7. The first kappa shape index (κ1) is 22.5. The second kappa shape index (κ2) is 8.67. The summed E-state index contributed by atoms with van der Waals surface area (Å²) in [5, 5.41) is 9.35. The third-order valence-electron chi connectivity index (χ3n) is 5.19. The van der Waals surface area contributed by atoms with Crippen molar-refractivity contribution in [2.45, 2.75) is 52.2 Å². The van der Waals surface area contributed by atoms with Gasteiger partial charge < -0.3 is 15.4 Å². The highest BCUT2D eigenvalue weighted by Gasteiger charge is 2.35. The van der Waals surface area contributed by atoms with Crippen LogP contribution in [0.1, 0.15) is 49.0 Å². The topological polar surface area (TPSA) is 93.2 Å². The molecule has 0 unspecified atom stereocenters. The van der Waals surface area contributed by atoms with E-state index in [1.54, 1.807) is 13.1 Å². The van der Waals surface area contributed by atoms with E-state index in [4.69, 9.17) is 16.3 Å². The lowest BCUT2D eigenvalue weighted by Gasteiger charge is -2.35. The first-order valence-electron chi connectivity index (χ1n) is 10.4. The molecule has 1 fully saturated rings. The zero-order valence-corrected chi connectivity index (χ0v) is 19.9. The Hall–Kier alpha value is -2.71. The van der Waals surface area contributed by atoms with Crippen molar-refractivity contribution in [2.75, 3.05) is 10.6 Å². The van der Waals surface area contributed by atoms with Crippen molar-refractivity contribution in [3.8, 4) is 0 Å². The van der Waals surface area contributed by atoms with Crippen LogP contribution in [0.3, 0.4) is 0 Å². The molecule has 1 aliphatic rings. The number of aromatic nitrogens is 2. The standard InChI is InChI=1S/C23H25ClN4O3S/c1-12-18(21(30)31-23(2,3)4)32-22(26-12)28-20(29)14-9-16(10-14)27-19-17-11-15(24)6-5-13(17)7-8-25-19/h5-8,11,14,16H,9-10H2,1-4H3,(H,25,27)(H,26,28,29). The number of carbonyl (C=O) groups excluding carboxylic acids is 2. The summed E-state index contributed by atoms with van der Waals surface area (Å²) in [4.78, 5) is 34.1. The van der Waals surface area contributed by atoms with E-state index < -0.39 is 11.6 Å². The van der Waals surface area contributed by atoms with E-state index >= 15 is 0 Å². The number of pyridine rings is 1. The Kier molecular flexibility index (Phi) is 6.09. The summed E-state index contributed by atoms with van der Waals surface area (Å²) < 4.78 is 5.41. The number of amides is 1. The molecule has 1 saturated carbocycles. The van der Waals surface area contributed by atoms with Gasteiger partial charge in [0.1, 0.15) is 16.3 Å². The predicted octanol–water partition coefficient (Wildman–Crippen LogP) is 5.44. The molecule has 4 rings (SSSR count). The maximum Gasteiger partial charge on any atom is 0.350 e. The molecule has 0 atom stereocenters. The number of halogens is 1. The van der Waals surface area contributed by atoms with E-state index in [1.165, 1.54) is 0 Å². The van der Waals surface area contributed by atoms with Gasteiger partial charge in [-0.25, -0.2) is 14.8 Å². The molecule has 3 aromatic rings. The first-order chi connectivity index (χ1) is 15.1. The van der Waals surface area contributed by atoms with Crippen LogP contribution in [0.25, 0.3) is 10.8 Å². The van der Waals surface area contributed by atoms with Gasteiger partial charge in [-0.2, -0.15) is 0 Å². The van der Waals surface area contributed by atoms with Crippen LogP contribution in [-0.4, -0.2) is 33.5 Å². The fourth-order valence-electron chi connectivity index (χ4n) is 3.57. The Morgan fingerprint density at radius 1 is 1.22 bits per heavy atom. The lowest BCUT2D eigenvalue weighted by Crippen LogP contribution is -2.42. The van der Waals surface area contributed by atoms with Crippen molar-refractivity contribution in [2.24, 2.45) is 5.92 Å². The van der Waals surface area contributed by atoms with Crippen LogP contribution in [0.15, 0.2) is 30.5 Å². The smallest absolute Gasteiger partial charge is 0.350 e. The average molecular weight is 473 g/mol. The van der Waals surface area contributed by atoms with E-state index in [2.05, 4.69) is 20.6 Å². The number of hydrogen-bond donors (Lipinski definition) is 2. The Morgan fingerprint density at radius 3 is 2.69 bits per heavy atom. The molecule has 32 heavy (non-hydrogen) atoms. The van der Waals surface area contributed by atoms with Crippen LogP contribution in [-0.2, 0) is 9.53 Å². The summed E-state index contributed by atoms with van der Waals surface area (Å²) in [5.74, 6) is 0.122. The van der Waals surface area contributed by atoms with Crippen molar-refractivity contribution >= 4 is 56.5 Å². The largest absolute Gasteiger partial charge is 0.456 e. The normalized spacial score (nSPS) is 18.2. The number of aryl methyl sites for hydroxylation is 1. The first-order valence-corrected chi connectivity index (χ1v) is 11.6. The lowest BCUT2D eigenvalue weighted by molar-refractivity contribution is -0.122. The van der Waals surface area contributed by atoms with Crippen molar-refractivity contribution < 1.29 is 14.3 Å². The van der Waals surface area contributed by atoms with Gasteiger partial charge in [-0.15, -0.1) is 0 Å². The maximum atomic E-state index is 12.6. The third kappa shape index (κ3) is 5.02. The predicted molar refractivity (Wildman–Crippen MR) is 128 cm³/mol. The molecule has 2 N–H and O–H groups in total. The molecule has 1 aromatic carbocycles. The summed E-state index contributed by atoms with van der Waals surface area (Å²) in [6.45, 7) is 7.17. The number of nitrogens with zero attached hydrogens (tertiary/aromatic N) is 2. The van der Waals surface area contributed by atoms with E-state index in [0.717, 1.165) is 27.9 Å². The Morgan fingerprint density at radius 2 is 1.97 bits per heavy atom. The van der Waals surface area contributed by atoms with Gasteiger partial charge in [0, 0.05) is 28.6 Å². The molecule has 2 heterocycles. The minimum atomic E-state index is -0.588. The van der Waals surface area contributed by atoms with Gasteiger partial charge in [0.05, 0.1) is 5.69 Å². The van der Waals surface area contributed by atoms with Gasteiger partial charge in [-0.1, -0.05) is 29.0 Å². The molecular weight excluding hydrogens is 448 g/mol. The number of thiazole rings is 1. The van der Waals surface area contributed by atoms with Crippen molar-refractivity contribution in [1.29, 1.82) is 0 Å². The minimum absolute atomic E-state index is 0.0959.